The zero-order valence-electron chi connectivity index (χ0n) is 12.2. The lowest BCUT2D eigenvalue weighted by molar-refractivity contribution is -0.120. The van der Waals surface area contributed by atoms with Gasteiger partial charge in [0.2, 0.25) is 5.91 Å². The van der Waals surface area contributed by atoms with Crippen LogP contribution in [0.1, 0.15) is 24.8 Å². The number of halogens is 1. The third kappa shape index (κ3) is 6.23. The lowest BCUT2D eigenvalue weighted by Gasteiger charge is -2.22. The highest BCUT2D eigenvalue weighted by molar-refractivity contribution is 5.78. The Labute approximate surface area is 125 Å². The first-order valence-corrected chi connectivity index (χ1v) is 7.57. The normalized spacial score (nSPS) is 15.9. The Morgan fingerprint density at radius 3 is 2.95 bits per heavy atom. The topological polar surface area (TPSA) is 50.4 Å². The fourth-order valence-corrected chi connectivity index (χ4v) is 2.41. The lowest BCUT2D eigenvalue weighted by Crippen LogP contribution is -2.33. The summed E-state index contributed by atoms with van der Waals surface area (Å²) in [5.41, 5.74) is 0.693. The average molecular weight is 294 g/mol. The zero-order chi connectivity index (χ0) is 14.9. The Morgan fingerprint density at radius 1 is 1.38 bits per heavy atom. The van der Waals surface area contributed by atoms with Crippen LogP contribution in [0.5, 0.6) is 0 Å². The number of rotatable bonds is 7. The molecule has 0 aliphatic carbocycles. The van der Waals surface area contributed by atoms with E-state index in [4.69, 9.17) is 4.74 Å². The fourth-order valence-electron chi connectivity index (χ4n) is 2.41. The highest BCUT2D eigenvalue weighted by Gasteiger charge is 2.12. The maximum absolute atomic E-state index is 13.0. The molecule has 0 saturated carbocycles. The monoisotopic (exact) mass is 294 g/mol. The van der Waals surface area contributed by atoms with Gasteiger partial charge in [0.25, 0.3) is 0 Å². The zero-order valence-corrected chi connectivity index (χ0v) is 12.2. The van der Waals surface area contributed by atoms with Gasteiger partial charge in [-0.15, -0.1) is 0 Å². The molecule has 0 bridgehead atoms. The second kappa shape index (κ2) is 8.74. The largest absolute Gasteiger partial charge is 0.378 e. The molecule has 2 rings (SSSR count). The quantitative estimate of drug-likeness (QED) is 0.752. The van der Waals surface area contributed by atoms with Crippen LogP contribution in [-0.4, -0.2) is 38.3 Å². The fraction of sp³-hybridized carbons (Fsp3) is 0.562. The molecule has 4 nitrogen and oxygen atoms in total. The van der Waals surface area contributed by atoms with Crippen LogP contribution in [-0.2, 0) is 16.0 Å². The molecule has 21 heavy (non-hydrogen) atoms. The third-order valence-corrected chi connectivity index (χ3v) is 3.54. The molecular formula is C16H23FN2O2. The van der Waals surface area contributed by atoms with E-state index in [1.165, 1.54) is 12.1 Å². The smallest absolute Gasteiger partial charge is 0.224 e. The van der Waals surface area contributed by atoms with Gasteiger partial charge in [-0.3, -0.25) is 4.79 Å². The van der Waals surface area contributed by atoms with Gasteiger partial charge in [0.15, 0.2) is 0 Å². The summed E-state index contributed by atoms with van der Waals surface area (Å²) in [6.07, 6.45) is 3.50. The summed E-state index contributed by atoms with van der Waals surface area (Å²) >= 11 is 0. The Balaban J connectivity index is 1.54. The molecule has 116 valence electrons. The number of nitrogens with one attached hydrogen (secondary N) is 2. The van der Waals surface area contributed by atoms with Crippen molar-refractivity contribution in [3.63, 3.8) is 0 Å². The molecule has 0 spiro atoms. The van der Waals surface area contributed by atoms with E-state index in [0.29, 0.717) is 24.8 Å². The second-order valence-electron chi connectivity index (χ2n) is 5.33. The summed E-state index contributed by atoms with van der Waals surface area (Å²) in [4.78, 5) is 11.7. The first-order chi connectivity index (χ1) is 10.2. The standard InChI is InChI=1S/C16H23FN2O2/c17-14-4-1-3-13(11-14)12-16(20)19-7-2-10-21-15-5-8-18-9-6-15/h1,3-4,11,15,18H,2,5-10,12H2,(H,19,20). The number of carbonyl (C=O) groups excluding carboxylic acids is 1. The molecule has 1 aromatic carbocycles. The molecule has 0 atom stereocenters. The van der Waals surface area contributed by atoms with Crippen LogP contribution in [0.4, 0.5) is 4.39 Å². The van der Waals surface area contributed by atoms with E-state index >= 15 is 0 Å². The maximum Gasteiger partial charge on any atom is 0.224 e. The number of ether oxygens (including phenoxy) is 1. The van der Waals surface area contributed by atoms with Gasteiger partial charge < -0.3 is 15.4 Å². The molecule has 2 N–H and O–H groups in total. The van der Waals surface area contributed by atoms with Crippen molar-refractivity contribution < 1.29 is 13.9 Å². The van der Waals surface area contributed by atoms with E-state index < -0.39 is 0 Å². The van der Waals surface area contributed by atoms with Crippen LogP contribution in [0.3, 0.4) is 0 Å². The first kappa shape index (κ1) is 15.9. The number of piperidine rings is 1. The highest BCUT2D eigenvalue weighted by Crippen LogP contribution is 2.07. The molecule has 1 amide bonds. The predicted molar refractivity (Wildman–Crippen MR) is 79.6 cm³/mol. The number of amides is 1. The molecule has 1 saturated heterocycles. The minimum absolute atomic E-state index is 0.0810. The van der Waals surface area contributed by atoms with Crippen molar-refractivity contribution >= 4 is 5.91 Å². The van der Waals surface area contributed by atoms with Crippen molar-refractivity contribution in [1.29, 1.82) is 0 Å². The van der Waals surface area contributed by atoms with Crippen molar-refractivity contribution in [3.8, 4) is 0 Å². The van der Waals surface area contributed by atoms with Crippen LogP contribution >= 0.6 is 0 Å². The highest BCUT2D eigenvalue weighted by atomic mass is 19.1. The van der Waals surface area contributed by atoms with Gasteiger partial charge in [0.05, 0.1) is 12.5 Å². The Morgan fingerprint density at radius 2 is 2.19 bits per heavy atom. The Kier molecular flexibility index (Phi) is 6.63. The molecule has 1 aliphatic heterocycles. The van der Waals surface area contributed by atoms with Gasteiger partial charge in [0.1, 0.15) is 5.82 Å². The number of benzene rings is 1. The molecule has 5 heteroatoms. The Bertz CT molecular complexity index is 448. The number of carbonyl (C=O) groups is 1. The van der Waals surface area contributed by atoms with E-state index in [-0.39, 0.29) is 18.1 Å². The van der Waals surface area contributed by atoms with Gasteiger partial charge >= 0.3 is 0 Å². The number of hydrogen-bond acceptors (Lipinski definition) is 3. The average Bonchev–Trinajstić information content (AvgIpc) is 2.48. The molecule has 1 fully saturated rings. The van der Waals surface area contributed by atoms with Crippen molar-refractivity contribution in [3.05, 3.63) is 35.6 Å². The van der Waals surface area contributed by atoms with E-state index in [0.717, 1.165) is 32.4 Å². The van der Waals surface area contributed by atoms with Gasteiger partial charge in [-0.25, -0.2) is 4.39 Å². The molecule has 0 aromatic heterocycles. The first-order valence-electron chi connectivity index (χ1n) is 7.57. The lowest BCUT2D eigenvalue weighted by atomic mass is 10.1. The van der Waals surface area contributed by atoms with E-state index in [1.54, 1.807) is 12.1 Å². The summed E-state index contributed by atoms with van der Waals surface area (Å²) in [6.45, 7) is 3.31. The van der Waals surface area contributed by atoms with Crippen LogP contribution in [0.2, 0.25) is 0 Å². The van der Waals surface area contributed by atoms with E-state index in [2.05, 4.69) is 10.6 Å². The maximum atomic E-state index is 13.0. The van der Waals surface area contributed by atoms with Crippen molar-refractivity contribution in [1.82, 2.24) is 10.6 Å². The number of hydrogen-bond donors (Lipinski definition) is 2. The molecule has 0 radical (unpaired) electrons. The van der Waals surface area contributed by atoms with Crippen LogP contribution in [0, 0.1) is 5.82 Å². The van der Waals surface area contributed by atoms with Gasteiger partial charge in [-0.05, 0) is 50.0 Å². The SMILES string of the molecule is O=C(Cc1cccc(F)c1)NCCCOC1CCNCC1. The third-order valence-electron chi connectivity index (χ3n) is 3.54. The molecule has 1 heterocycles. The van der Waals surface area contributed by atoms with Gasteiger partial charge in [0, 0.05) is 13.2 Å². The summed E-state index contributed by atoms with van der Waals surface area (Å²) in [5, 5.41) is 6.13. The van der Waals surface area contributed by atoms with Crippen LogP contribution in [0.25, 0.3) is 0 Å². The second-order valence-corrected chi connectivity index (χ2v) is 5.33. The molecule has 0 unspecified atom stereocenters. The van der Waals surface area contributed by atoms with E-state index in [9.17, 15) is 9.18 Å². The summed E-state index contributed by atoms with van der Waals surface area (Å²) < 4.78 is 18.8. The van der Waals surface area contributed by atoms with E-state index in [1.807, 2.05) is 0 Å². The summed E-state index contributed by atoms with van der Waals surface area (Å²) in [5.74, 6) is -0.391. The molecule has 1 aromatic rings. The molecular weight excluding hydrogens is 271 g/mol. The molecule has 1 aliphatic rings. The van der Waals surface area contributed by atoms with Crippen LogP contribution < -0.4 is 10.6 Å². The minimum Gasteiger partial charge on any atom is -0.378 e. The van der Waals surface area contributed by atoms with Gasteiger partial charge in [-0.2, -0.15) is 0 Å². The minimum atomic E-state index is -0.310. The summed E-state index contributed by atoms with van der Waals surface area (Å²) in [6, 6.07) is 6.13. The van der Waals surface area contributed by atoms with Crippen molar-refractivity contribution in [2.75, 3.05) is 26.2 Å². The van der Waals surface area contributed by atoms with Crippen LogP contribution in [0.15, 0.2) is 24.3 Å². The predicted octanol–water partition coefficient (Wildman–Crippen LogP) is 1.64. The Hall–Kier alpha value is -1.46. The summed E-state index contributed by atoms with van der Waals surface area (Å²) in [7, 11) is 0. The van der Waals surface area contributed by atoms with Gasteiger partial charge in [-0.1, -0.05) is 12.1 Å². The van der Waals surface area contributed by atoms with Crippen molar-refractivity contribution in [2.24, 2.45) is 0 Å². The van der Waals surface area contributed by atoms with Crippen molar-refractivity contribution in [2.45, 2.75) is 31.8 Å².